The normalized spacial score (nSPS) is 25.2. The summed E-state index contributed by atoms with van der Waals surface area (Å²) in [7, 11) is 0. The molecule has 0 radical (unpaired) electrons. The van der Waals surface area contributed by atoms with E-state index < -0.39 is 0 Å². The topological polar surface area (TPSA) is 12.0 Å². The molecule has 1 saturated carbocycles. The molecule has 1 aliphatic carbocycles. The molecular formula is C18H29N. The van der Waals surface area contributed by atoms with Gasteiger partial charge in [0.2, 0.25) is 0 Å². The van der Waals surface area contributed by atoms with E-state index in [1.165, 1.54) is 43.2 Å². The Morgan fingerprint density at radius 2 is 1.68 bits per heavy atom. The highest BCUT2D eigenvalue weighted by Crippen LogP contribution is 2.28. The van der Waals surface area contributed by atoms with Crippen molar-refractivity contribution in [2.24, 2.45) is 5.92 Å². The maximum atomic E-state index is 3.82. The quantitative estimate of drug-likeness (QED) is 0.795. The molecule has 0 spiro atoms. The summed E-state index contributed by atoms with van der Waals surface area (Å²) in [6.07, 6.45) is 8.03. The maximum Gasteiger partial charge on any atom is 0.0294 e. The molecule has 0 bridgehead atoms. The molecule has 19 heavy (non-hydrogen) atoms. The summed E-state index contributed by atoms with van der Waals surface area (Å²) in [4.78, 5) is 0. The molecule has 1 heteroatoms. The van der Waals surface area contributed by atoms with Crippen LogP contribution in [0.2, 0.25) is 0 Å². The van der Waals surface area contributed by atoms with Crippen molar-refractivity contribution in [1.29, 1.82) is 0 Å². The Kier molecular flexibility index (Phi) is 5.45. The van der Waals surface area contributed by atoms with Gasteiger partial charge in [-0.05, 0) is 56.1 Å². The zero-order chi connectivity index (χ0) is 13.7. The minimum Gasteiger partial charge on any atom is -0.307 e. The van der Waals surface area contributed by atoms with E-state index in [9.17, 15) is 0 Å². The van der Waals surface area contributed by atoms with Crippen LogP contribution in [-0.4, -0.2) is 6.04 Å². The van der Waals surface area contributed by atoms with E-state index in [4.69, 9.17) is 0 Å². The molecule has 0 saturated heterocycles. The van der Waals surface area contributed by atoms with Gasteiger partial charge in [0.25, 0.3) is 0 Å². The predicted octanol–water partition coefficient (Wildman–Crippen LogP) is 4.87. The van der Waals surface area contributed by atoms with Crippen molar-refractivity contribution in [3.63, 3.8) is 0 Å². The van der Waals surface area contributed by atoms with Crippen molar-refractivity contribution in [3.05, 3.63) is 35.4 Å². The van der Waals surface area contributed by atoms with Crippen LogP contribution in [0.4, 0.5) is 0 Å². The minimum atomic E-state index is 0.481. The number of aryl methyl sites for hydroxylation is 1. The molecule has 0 aromatic heterocycles. The molecule has 1 unspecified atom stereocenters. The van der Waals surface area contributed by atoms with Crippen LogP contribution in [0.1, 0.15) is 70.0 Å². The van der Waals surface area contributed by atoms with Crippen LogP contribution >= 0.6 is 0 Å². The molecule has 2 rings (SSSR count). The van der Waals surface area contributed by atoms with E-state index in [1.54, 1.807) is 0 Å². The lowest BCUT2D eigenvalue weighted by Gasteiger charge is -2.31. The van der Waals surface area contributed by atoms with Gasteiger partial charge in [-0.15, -0.1) is 0 Å². The highest BCUT2D eigenvalue weighted by atomic mass is 14.9. The third-order valence-corrected chi connectivity index (χ3v) is 4.80. The highest BCUT2D eigenvalue weighted by molar-refractivity contribution is 5.24. The highest BCUT2D eigenvalue weighted by Gasteiger charge is 2.21. The number of hydrogen-bond acceptors (Lipinski definition) is 1. The van der Waals surface area contributed by atoms with Crippen molar-refractivity contribution in [2.45, 2.75) is 71.4 Å². The average Bonchev–Trinajstić information content (AvgIpc) is 2.48. The van der Waals surface area contributed by atoms with Gasteiger partial charge in [-0.3, -0.25) is 0 Å². The van der Waals surface area contributed by atoms with Gasteiger partial charge < -0.3 is 5.32 Å². The van der Waals surface area contributed by atoms with Crippen LogP contribution in [0.5, 0.6) is 0 Å². The molecule has 1 N–H and O–H groups in total. The van der Waals surface area contributed by atoms with Gasteiger partial charge in [-0.25, -0.2) is 0 Å². The Morgan fingerprint density at radius 1 is 1.05 bits per heavy atom. The van der Waals surface area contributed by atoms with Gasteiger partial charge in [0, 0.05) is 12.1 Å². The summed E-state index contributed by atoms with van der Waals surface area (Å²) in [5.74, 6) is 0.984. The van der Waals surface area contributed by atoms with Crippen LogP contribution in [0, 0.1) is 5.92 Å². The third-order valence-electron chi connectivity index (χ3n) is 4.80. The Morgan fingerprint density at radius 3 is 2.21 bits per heavy atom. The van der Waals surface area contributed by atoms with Crippen molar-refractivity contribution < 1.29 is 0 Å². The lowest BCUT2D eigenvalue weighted by Crippen LogP contribution is -2.34. The van der Waals surface area contributed by atoms with Crippen LogP contribution in [0.3, 0.4) is 0 Å². The molecule has 1 atom stereocenters. The van der Waals surface area contributed by atoms with E-state index in [0.717, 1.165) is 18.4 Å². The van der Waals surface area contributed by atoms with Gasteiger partial charge in [0.05, 0.1) is 0 Å². The molecular weight excluding hydrogens is 230 g/mol. The zero-order valence-electron chi connectivity index (χ0n) is 12.8. The first kappa shape index (κ1) is 14.6. The standard InChI is InChI=1S/C18H29N/c1-4-15-6-10-17(11-7-15)14(3)19-18-12-8-16(5-2)9-13-18/h6-7,10-11,14,16,18-19H,4-5,8-9,12-13H2,1-3H3. The summed E-state index contributed by atoms with van der Waals surface area (Å²) in [5, 5.41) is 3.82. The number of nitrogens with one attached hydrogen (secondary N) is 1. The first-order chi connectivity index (χ1) is 9.22. The Labute approximate surface area is 118 Å². The van der Waals surface area contributed by atoms with Crippen LogP contribution in [0.15, 0.2) is 24.3 Å². The molecule has 1 aromatic rings. The smallest absolute Gasteiger partial charge is 0.0294 e. The largest absolute Gasteiger partial charge is 0.307 e. The molecule has 1 aromatic carbocycles. The number of benzene rings is 1. The zero-order valence-corrected chi connectivity index (χ0v) is 12.8. The van der Waals surface area contributed by atoms with E-state index in [0.29, 0.717) is 6.04 Å². The fourth-order valence-electron chi connectivity index (χ4n) is 3.23. The Balaban J connectivity index is 1.85. The first-order valence-electron chi connectivity index (χ1n) is 8.07. The van der Waals surface area contributed by atoms with Gasteiger partial charge in [-0.2, -0.15) is 0 Å². The predicted molar refractivity (Wildman–Crippen MR) is 83.4 cm³/mol. The van der Waals surface area contributed by atoms with E-state index in [2.05, 4.69) is 50.4 Å². The second-order valence-corrected chi connectivity index (χ2v) is 6.11. The molecule has 0 heterocycles. The first-order valence-corrected chi connectivity index (χ1v) is 8.07. The van der Waals surface area contributed by atoms with Crippen LogP contribution < -0.4 is 5.32 Å². The summed E-state index contributed by atoms with van der Waals surface area (Å²) >= 11 is 0. The Hall–Kier alpha value is -0.820. The van der Waals surface area contributed by atoms with Gasteiger partial charge in [-0.1, -0.05) is 44.5 Å². The second-order valence-electron chi connectivity index (χ2n) is 6.11. The fraction of sp³-hybridized carbons (Fsp3) is 0.667. The number of rotatable bonds is 5. The molecule has 1 nitrogen and oxygen atoms in total. The van der Waals surface area contributed by atoms with E-state index in [-0.39, 0.29) is 0 Å². The second kappa shape index (κ2) is 7.09. The van der Waals surface area contributed by atoms with Crippen molar-refractivity contribution in [3.8, 4) is 0 Å². The van der Waals surface area contributed by atoms with Crippen LogP contribution in [-0.2, 0) is 6.42 Å². The van der Waals surface area contributed by atoms with Crippen molar-refractivity contribution in [2.75, 3.05) is 0 Å². The van der Waals surface area contributed by atoms with Gasteiger partial charge in [0.1, 0.15) is 0 Å². The van der Waals surface area contributed by atoms with Crippen molar-refractivity contribution in [1.82, 2.24) is 5.32 Å². The number of hydrogen-bond donors (Lipinski definition) is 1. The molecule has 1 fully saturated rings. The molecule has 1 aliphatic rings. The SMILES string of the molecule is CCc1ccc(C(C)NC2CCC(CC)CC2)cc1. The monoisotopic (exact) mass is 259 g/mol. The average molecular weight is 259 g/mol. The minimum absolute atomic E-state index is 0.481. The Bertz CT molecular complexity index is 360. The summed E-state index contributed by atoms with van der Waals surface area (Å²) in [6, 6.07) is 10.3. The lowest BCUT2D eigenvalue weighted by atomic mass is 9.84. The van der Waals surface area contributed by atoms with Gasteiger partial charge in [0.15, 0.2) is 0 Å². The van der Waals surface area contributed by atoms with E-state index >= 15 is 0 Å². The molecule has 0 aliphatic heterocycles. The maximum absolute atomic E-state index is 3.82. The van der Waals surface area contributed by atoms with E-state index in [1.807, 2.05) is 0 Å². The van der Waals surface area contributed by atoms with Gasteiger partial charge >= 0.3 is 0 Å². The fourth-order valence-corrected chi connectivity index (χ4v) is 3.23. The lowest BCUT2D eigenvalue weighted by molar-refractivity contribution is 0.273. The van der Waals surface area contributed by atoms with Crippen molar-refractivity contribution >= 4 is 0 Å². The van der Waals surface area contributed by atoms with Crippen LogP contribution in [0.25, 0.3) is 0 Å². The summed E-state index contributed by atoms with van der Waals surface area (Å²) in [5.41, 5.74) is 2.86. The summed E-state index contributed by atoms with van der Waals surface area (Å²) in [6.45, 7) is 6.84. The summed E-state index contributed by atoms with van der Waals surface area (Å²) < 4.78 is 0. The third kappa shape index (κ3) is 4.07. The molecule has 106 valence electrons. The molecule has 0 amide bonds.